The smallest absolute Gasteiger partial charge is 0.0625 e. The number of rotatable bonds is 22. The van der Waals surface area contributed by atoms with Crippen LogP contribution in [0.3, 0.4) is 0 Å². The molecule has 0 aliphatic heterocycles. The summed E-state index contributed by atoms with van der Waals surface area (Å²) in [5.74, 6) is 0. The van der Waals surface area contributed by atoms with Crippen molar-refractivity contribution >= 4 is 31.7 Å². The average Bonchev–Trinajstić information content (AvgIpc) is 2.85. The van der Waals surface area contributed by atoms with Gasteiger partial charge in [0.2, 0.25) is 0 Å². The van der Waals surface area contributed by atoms with E-state index >= 15 is 0 Å². The Kier molecular flexibility index (Phi) is 24.7. The second kappa shape index (κ2) is 25.3. The van der Waals surface area contributed by atoms with Gasteiger partial charge < -0.3 is 0 Å². The van der Waals surface area contributed by atoms with E-state index in [4.69, 9.17) is 26.3 Å². The molecule has 0 spiro atoms. The predicted octanol–water partition coefficient (Wildman–Crippen LogP) is 7.28. The summed E-state index contributed by atoms with van der Waals surface area (Å²) >= 11 is 0. The number of nitriles is 5. The molecule has 0 bridgehead atoms. The second-order valence-corrected chi connectivity index (χ2v) is 19.0. The minimum absolute atomic E-state index is 0.0382. The Hall–Kier alpha value is -0.830. The van der Waals surface area contributed by atoms with E-state index in [-0.39, 0.29) is 31.7 Å². The molecule has 0 heterocycles. The van der Waals surface area contributed by atoms with E-state index in [0.29, 0.717) is 32.1 Å². The van der Waals surface area contributed by atoms with E-state index in [2.05, 4.69) is 37.3 Å². The van der Waals surface area contributed by atoms with Gasteiger partial charge >= 0.3 is 0 Å². The molecule has 0 N–H and O–H groups in total. The van der Waals surface area contributed by atoms with Crippen molar-refractivity contribution in [1.29, 1.82) is 26.3 Å². The van der Waals surface area contributed by atoms with Crippen LogP contribution in [-0.2, 0) is 0 Å². The van der Waals surface area contributed by atoms with E-state index in [1.165, 1.54) is 49.8 Å². The summed E-state index contributed by atoms with van der Waals surface area (Å²) in [7, 11) is -0.565. The third kappa shape index (κ3) is 19.5. The Bertz CT molecular complexity index is 695. The molecule has 0 rings (SSSR count). The van der Waals surface area contributed by atoms with Crippen molar-refractivity contribution in [3.63, 3.8) is 0 Å². The van der Waals surface area contributed by atoms with Crippen LogP contribution in [0.4, 0.5) is 0 Å². The molecule has 0 aromatic carbocycles. The van der Waals surface area contributed by atoms with Crippen LogP contribution in [0.2, 0.25) is 0 Å². The van der Waals surface area contributed by atoms with E-state index in [0.717, 1.165) is 37.0 Å². The zero-order chi connectivity index (χ0) is 25.3. The van der Waals surface area contributed by atoms with Gasteiger partial charge in [-0.1, -0.05) is 13.3 Å². The van der Waals surface area contributed by atoms with Crippen LogP contribution in [0.1, 0.15) is 51.9 Å². The van der Waals surface area contributed by atoms with Crippen LogP contribution in [0.25, 0.3) is 0 Å². The third-order valence-electron chi connectivity index (χ3n) is 5.65. The Morgan fingerprint density at radius 3 is 0.912 bits per heavy atom. The monoisotopic (exact) mass is 535 g/mol. The molecule has 0 aliphatic rings. The average molecular weight is 536 g/mol. The molecule has 0 saturated carbocycles. The van der Waals surface area contributed by atoms with E-state index < -0.39 is 0 Å². The highest BCUT2D eigenvalue weighted by molar-refractivity contribution is 7.62. The molecule has 34 heavy (non-hydrogen) atoms. The quantitative estimate of drug-likeness (QED) is 0.135. The summed E-state index contributed by atoms with van der Waals surface area (Å²) < 4.78 is 0. The lowest BCUT2D eigenvalue weighted by Gasteiger charge is -2.24. The summed E-state index contributed by atoms with van der Waals surface area (Å²) in [4.78, 5) is 0. The normalized spacial score (nSPS) is 13.1. The van der Waals surface area contributed by atoms with Gasteiger partial charge in [-0.15, -0.1) is 31.7 Å². The molecule has 0 amide bonds. The predicted molar refractivity (Wildman–Crippen MR) is 152 cm³/mol. The van der Waals surface area contributed by atoms with Gasteiger partial charge in [-0.2, -0.15) is 26.3 Å². The molecule has 5 nitrogen and oxygen atoms in total. The summed E-state index contributed by atoms with van der Waals surface area (Å²) in [5.41, 5.74) is 0. The van der Waals surface area contributed by atoms with Crippen LogP contribution in [-0.4, -0.2) is 73.9 Å². The van der Waals surface area contributed by atoms with Gasteiger partial charge in [0.25, 0.3) is 0 Å². The van der Waals surface area contributed by atoms with Crippen molar-refractivity contribution in [1.82, 2.24) is 0 Å². The summed E-state index contributed by atoms with van der Waals surface area (Å²) in [6.45, 7) is 2.23. The van der Waals surface area contributed by atoms with Gasteiger partial charge in [0.15, 0.2) is 0 Å². The van der Waals surface area contributed by atoms with Gasteiger partial charge in [0.05, 0.1) is 30.3 Å². The first-order chi connectivity index (χ1) is 16.6. The lowest BCUT2D eigenvalue weighted by Crippen LogP contribution is -2.05. The van der Waals surface area contributed by atoms with Gasteiger partial charge in [-0.25, -0.2) is 0 Å². The van der Waals surface area contributed by atoms with Crippen molar-refractivity contribution in [2.45, 2.75) is 51.9 Å². The molecule has 0 aromatic heterocycles. The molecule has 0 aromatic rings. The highest BCUT2D eigenvalue weighted by Crippen LogP contribution is 2.47. The molecule has 0 radical (unpaired) electrons. The van der Waals surface area contributed by atoms with Crippen LogP contribution < -0.4 is 0 Å². The van der Waals surface area contributed by atoms with Crippen LogP contribution in [0.5, 0.6) is 0 Å². The lowest BCUT2D eigenvalue weighted by molar-refractivity contribution is 1.06. The summed E-state index contributed by atoms with van der Waals surface area (Å²) in [5, 5.41) is 45.1. The van der Waals surface area contributed by atoms with E-state index in [1.807, 2.05) is 0 Å². The fourth-order valence-corrected chi connectivity index (χ4v) is 15.2. The maximum atomic E-state index is 9.11. The fraction of sp³-hybridized carbons (Fsp3) is 0.800. The summed E-state index contributed by atoms with van der Waals surface area (Å²) in [6, 6.07) is 11.5. The van der Waals surface area contributed by atoms with Gasteiger partial charge in [0, 0.05) is 32.1 Å². The van der Waals surface area contributed by atoms with Gasteiger partial charge in [0.1, 0.15) is 0 Å². The Morgan fingerprint density at radius 2 is 0.647 bits per heavy atom. The van der Waals surface area contributed by atoms with Crippen molar-refractivity contribution in [2.75, 3.05) is 73.9 Å². The second-order valence-electron chi connectivity index (χ2n) is 8.26. The molecule has 0 aliphatic carbocycles. The lowest BCUT2D eigenvalue weighted by atomic mass is 10.5. The zero-order valence-electron chi connectivity index (χ0n) is 21.0. The first-order valence-electron chi connectivity index (χ1n) is 12.4. The van der Waals surface area contributed by atoms with Crippen molar-refractivity contribution in [2.24, 2.45) is 0 Å². The highest BCUT2D eigenvalue weighted by Gasteiger charge is 2.16. The number of hydrogen-bond acceptors (Lipinski definition) is 5. The first kappa shape index (κ1) is 33.2. The molecule has 9 heteroatoms. The van der Waals surface area contributed by atoms with E-state index in [1.54, 1.807) is 0 Å². The van der Waals surface area contributed by atoms with Crippen molar-refractivity contribution < 1.29 is 0 Å². The minimum atomic E-state index is -0.242. The van der Waals surface area contributed by atoms with Crippen molar-refractivity contribution in [3.8, 4) is 30.3 Å². The standard InChI is InChI=1S/C25H41N5P4/c1-2-14-31(15-3-9-26)22-23-33(18-6-12-29)20-8-21-34(19-7-13-30)25-24-32(16-4-10-27)17-5-11-28/h2-8,14-25H2,1H3. The maximum Gasteiger partial charge on any atom is 0.0625 e. The van der Waals surface area contributed by atoms with Crippen LogP contribution in [0.15, 0.2) is 0 Å². The minimum Gasteiger partial charge on any atom is -0.198 e. The molecular weight excluding hydrogens is 494 g/mol. The van der Waals surface area contributed by atoms with Gasteiger partial charge in [-0.3, -0.25) is 0 Å². The van der Waals surface area contributed by atoms with E-state index in [9.17, 15) is 0 Å². The Balaban J connectivity index is 4.75. The SMILES string of the molecule is CCCP(CCC#N)CCP(CCC#N)CCCP(CCC#N)CCP(CCC#N)CCC#N. The maximum absolute atomic E-state index is 9.11. The highest BCUT2D eigenvalue weighted by atomic mass is 31.1. The Labute approximate surface area is 213 Å². The van der Waals surface area contributed by atoms with Crippen LogP contribution in [0, 0.1) is 56.7 Å². The molecule has 0 saturated heterocycles. The molecule has 3 unspecified atom stereocenters. The molecule has 0 fully saturated rings. The summed E-state index contributed by atoms with van der Waals surface area (Å²) in [6.07, 6.45) is 19.1. The molecule has 3 atom stereocenters. The topological polar surface area (TPSA) is 119 Å². The largest absolute Gasteiger partial charge is 0.198 e. The number of hydrogen-bond donors (Lipinski definition) is 0. The molecular formula is C25H41N5P4. The first-order valence-corrected chi connectivity index (χ1v) is 20.0. The van der Waals surface area contributed by atoms with Gasteiger partial charge in [-0.05, 0) is 80.4 Å². The van der Waals surface area contributed by atoms with Crippen molar-refractivity contribution in [3.05, 3.63) is 0 Å². The third-order valence-corrected chi connectivity index (χ3v) is 17.0. The fourth-order valence-electron chi connectivity index (χ4n) is 3.78. The Morgan fingerprint density at radius 1 is 0.382 bits per heavy atom. The van der Waals surface area contributed by atoms with Crippen LogP contribution >= 0.6 is 31.7 Å². The number of nitrogens with zero attached hydrogens (tertiary/aromatic N) is 5. The zero-order valence-corrected chi connectivity index (χ0v) is 24.5. The molecule has 186 valence electrons.